The highest BCUT2D eigenvalue weighted by molar-refractivity contribution is 5.91. The molecule has 2 aromatic rings. The third kappa shape index (κ3) is 3.19. The average Bonchev–Trinajstić information content (AvgIpc) is 2.82. The van der Waals surface area contributed by atoms with Crippen LogP contribution in [0.5, 0.6) is 0 Å². The van der Waals surface area contributed by atoms with Crippen LogP contribution < -0.4 is 0 Å². The summed E-state index contributed by atoms with van der Waals surface area (Å²) >= 11 is 0. The monoisotopic (exact) mass is 331 g/mol. The summed E-state index contributed by atoms with van der Waals surface area (Å²) in [5.74, 6) is 0.0449. The van der Waals surface area contributed by atoms with Gasteiger partial charge in [0.2, 0.25) is 5.91 Å². The Hall–Kier alpha value is -1.85. The molecule has 1 atom stereocenters. The molecule has 1 N–H and O–H groups in total. The zero-order valence-corrected chi connectivity index (χ0v) is 14.6. The van der Waals surface area contributed by atoms with Gasteiger partial charge in [0, 0.05) is 36.6 Å². The first-order valence-electron chi connectivity index (χ1n) is 8.44. The number of ether oxygens (including phenoxy) is 1. The van der Waals surface area contributed by atoms with E-state index < -0.39 is 0 Å². The fourth-order valence-electron chi connectivity index (χ4n) is 3.41. The van der Waals surface area contributed by atoms with Crippen LogP contribution in [0.25, 0.3) is 11.0 Å². The number of hydrogen-bond donors (Lipinski definition) is 1. The van der Waals surface area contributed by atoms with E-state index in [9.17, 15) is 9.90 Å². The highest BCUT2D eigenvalue weighted by Crippen LogP contribution is 2.30. The van der Waals surface area contributed by atoms with Crippen molar-refractivity contribution in [2.24, 2.45) is 5.92 Å². The number of rotatable bonds is 3. The molecule has 2 heterocycles. The number of carbonyl (C=O) groups excluding carboxylic acids is 1. The molecule has 3 rings (SSSR count). The lowest BCUT2D eigenvalue weighted by Crippen LogP contribution is -2.37. The molecular formula is C19H25NO4. The predicted molar refractivity (Wildman–Crippen MR) is 92.1 cm³/mol. The fraction of sp³-hybridized carbons (Fsp3) is 0.526. The van der Waals surface area contributed by atoms with Gasteiger partial charge in [-0.1, -0.05) is 6.07 Å². The zero-order chi connectivity index (χ0) is 17.3. The largest absolute Gasteiger partial charge is 0.464 e. The van der Waals surface area contributed by atoms with Gasteiger partial charge in [-0.05, 0) is 37.5 Å². The zero-order valence-electron chi connectivity index (χ0n) is 14.6. The van der Waals surface area contributed by atoms with Gasteiger partial charge in [-0.25, -0.2) is 0 Å². The summed E-state index contributed by atoms with van der Waals surface area (Å²) in [5, 5.41) is 10.4. The van der Waals surface area contributed by atoms with Crippen LogP contribution in [-0.2, 0) is 16.0 Å². The van der Waals surface area contributed by atoms with E-state index in [1.807, 2.05) is 6.92 Å². The molecule has 0 radical (unpaired) electrons. The SMILES string of the molecule is Cc1cc(C)c2c(CC(=O)N3CCOCC(CO)C3)coc2c1C. The molecule has 0 aliphatic carbocycles. The first-order chi connectivity index (χ1) is 11.5. The number of furan rings is 1. The predicted octanol–water partition coefficient (Wildman–Crippen LogP) is 2.37. The van der Waals surface area contributed by atoms with Gasteiger partial charge >= 0.3 is 0 Å². The Balaban J connectivity index is 1.84. The highest BCUT2D eigenvalue weighted by Gasteiger charge is 2.23. The second-order valence-corrected chi connectivity index (χ2v) is 6.74. The minimum atomic E-state index is -0.0100. The molecule has 1 amide bonds. The van der Waals surface area contributed by atoms with Crippen molar-refractivity contribution in [1.82, 2.24) is 4.90 Å². The van der Waals surface area contributed by atoms with Crippen LogP contribution in [0.4, 0.5) is 0 Å². The van der Waals surface area contributed by atoms with Crippen LogP contribution in [0, 0.1) is 26.7 Å². The molecule has 0 bridgehead atoms. The molecule has 5 heteroatoms. The number of nitrogens with zero attached hydrogens (tertiary/aromatic N) is 1. The third-order valence-electron chi connectivity index (χ3n) is 4.92. The number of hydrogen-bond acceptors (Lipinski definition) is 4. The van der Waals surface area contributed by atoms with Gasteiger partial charge in [0.05, 0.1) is 25.9 Å². The van der Waals surface area contributed by atoms with Crippen molar-refractivity contribution in [1.29, 1.82) is 0 Å². The summed E-state index contributed by atoms with van der Waals surface area (Å²) in [7, 11) is 0. The Morgan fingerprint density at radius 2 is 2.12 bits per heavy atom. The lowest BCUT2D eigenvalue weighted by atomic mass is 9.98. The van der Waals surface area contributed by atoms with Crippen molar-refractivity contribution in [3.8, 4) is 0 Å². The smallest absolute Gasteiger partial charge is 0.227 e. The standard InChI is InChI=1S/C19H25NO4/c1-12-6-13(2)18-16(11-24-19(18)14(12)3)7-17(22)20-4-5-23-10-15(8-20)9-21/h6,11,15,21H,4-5,7-10H2,1-3H3. The highest BCUT2D eigenvalue weighted by atomic mass is 16.5. The van der Waals surface area contributed by atoms with Gasteiger partial charge in [0.15, 0.2) is 0 Å². The summed E-state index contributed by atoms with van der Waals surface area (Å²) in [5.41, 5.74) is 5.27. The van der Waals surface area contributed by atoms with Crippen molar-refractivity contribution in [3.05, 3.63) is 34.6 Å². The molecule has 1 aliphatic rings. The topological polar surface area (TPSA) is 62.9 Å². The molecule has 1 fully saturated rings. The van der Waals surface area contributed by atoms with Crippen LogP contribution in [0.1, 0.15) is 22.3 Å². The number of carbonyl (C=O) groups is 1. The first-order valence-corrected chi connectivity index (χ1v) is 8.44. The first kappa shape index (κ1) is 17.0. The maximum Gasteiger partial charge on any atom is 0.227 e. The van der Waals surface area contributed by atoms with Crippen LogP contribution in [0.2, 0.25) is 0 Å². The number of aliphatic hydroxyl groups is 1. The van der Waals surface area contributed by atoms with E-state index >= 15 is 0 Å². The molecule has 1 saturated heterocycles. The number of benzene rings is 1. The van der Waals surface area contributed by atoms with Crippen molar-refractivity contribution in [3.63, 3.8) is 0 Å². The summed E-state index contributed by atoms with van der Waals surface area (Å²) in [6.07, 6.45) is 2.02. The number of aryl methyl sites for hydroxylation is 3. The number of aliphatic hydroxyl groups excluding tert-OH is 1. The minimum Gasteiger partial charge on any atom is -0.464 e. The Bertz CT molecular complexity index is 749. The maximum absolute atomic E-state index is 12.7. The molecular weight excluding hydrogens is 306 g/mol. The van der Waals surface area contributed by atoms with Crippen molar-refractivity contribution in [2.45, 2.75) is 27.2 Å². The molecule has 1 aromatic carbocycles. The van der Waals surface area contributed by atoms with E-state index in [4.69, 9.17) is 9.15 Å². The van der Waals surface area contributed by atoms with Crippen molar-refractivity contribution in [2.75, 3.05) is 32.9 Å². The summed E-state index contributed by atoms with van der Waals surface area (Å²) in [4.78, 5) is 14.5. The quantitative estimate of drug-likeness (QED) is 0.938. The lowest BCUT2D eigenvalue weighted by molar-refractivity contribution is -0.131. The second-order valence-electron chi connectivity index (χ2n) is 6.74. The van der Waals surface area contributed by atoms with E-state index in [-0.39, 0.29) is 18.4 Å². The van der Waals surface area contributed by atoms with Gasteiger partial charge in [0.1, 0.15) is 5.58 Å². The summed E-state index contributed by atoms with van der Waals surface area (Å²) in [6, 6.07) is 2.14. The minimum absolute atomic E-state index is 0.0100. The van der Waals surface area contributed by atoms with Gasteiger partial charge in [-0.2, -0.15) is 0 Å². The Morgan fingerprint density at radius 3 is 2.88 bits per heavy atom. The fourth-order valence-corrected chi connectivity index (χ4v) is 3.41. The molecule has 130 valence electrons. The van der Waals surface area contributed by atoms with Crippen LogP contribution in [0.3, 0.4) is 0 Å². The third-order valence-corrected chi connectivity index (χ3v) is 4.92. The molecule has 0 spiro atoms. The van der Waals surface area contributed by atoms with Gasteiger partial charge < -0.3 is 19.2 Å². The normalized spacial score (nSPS) is 18.8. The van der Waals surface area contributed by atoms with Crippen LogP contribution in [0.15, 0.2) is 16.7 Å². The molecule has 24 heavy (non-hydrogen) atoms. The van der Waals surface area contributed by atoms with Crippen molar-refractivity contribution >= 4 is 16.9 Å². The molecule has 5 nitrogen and oxygen atoms in total. The number of fused-ring (bicyclic) bond motifs is 1. The van der Waals surface area contributed by atoms with Gasteiger partial charge in [-0.3, -0.25) is 4.79 Å². The number of amides is 1. The molecule has 0 saturated carbocycles. The van der Waals surface area contributed by atoms with E-state index in [0.717, 1.165) is 27.7 Å². The van der Waals surface area contributed by atoms with E-state index in [1.165, 1.54) is 5.56 Å². The molecule has 1 aromatic heterocycles. The summed E-state index contributed by atoms with van der Waals surface area (Å²) < 4.78 is 11.2. The average molecular weight is 331 g/mol. The van der Waals surface area contributed by atoms with Crippen LogP contribution in [-0.4, -0.2) is 48.8 Å². The van der Waals surface area contributed by atoms with Crippen molar-refractivity contribution < 1.29 is 19.1 Å². The van der Waals surface area contributed by atoms with Crippen LogP contribution >= 0.6 is 0 Å². The molecule has 1 unspecified atom stereocenters. The van der Waals surface area contributed by atoms with Gasteiger partial charge in [-0.15, -0.1) is 0 Å². The Morgan fingerprint density at radius 1 is 1.33 bits per heavy atom. The maximum atomic E-state index is 12.7. The van der Waals surface area contributed by atoms with E-state index in [1.54, 1.807) is 11.2 Å². The Labute approximate surface area is 142 Å². The van der Waals surface area contributed by atoms with Gasteiger partial charge in [0.25, 0.3) is 0 Å². The van der Waals surface area contributed by atoms with E-state index in [2.05, 4.69) is 19.9 Å². The Kier molecular flexibility index (Phi) is 4.92. The van der Waals surface area contributed by atoms with E-state index in [0.29, 0.717) is 32.7 Å². The molecule has 1 aliphatic heterocycles. The summed E-state index contributed by atoms with van der Waals surface area (Å²) in [6.45, 7) is 8.35. The second kappa shape index (κ2) is 6.95. The lowest BCUT2D eigenvalue weighted by Gasteiger charge is -2.22.